The van der Waals surface area contributed by atoms with Gasteiger partial charge in [-0.05, 0) is 49.4 Å². The molecule has 2 nitrogen and oxygen atoms in total. The van der Waals surface area contributed by atoms with E-state index in [0.717, 1.165) is 30.4 Å². The zero-order valence-electron chi connectivity index (χ0n) is 9.67. The molecule has 0 radical (unpaired) electrons. The highest BCUT2D eigenvalue weighted by Crippen LogP contribution is 2.22. The van der Waals surface area contributed by atoms with Gasteiger partial charge in [-0.1, -0.05) is 12.1 Å². The molecule has 88 valence electrons. The van der Waals surface area contributed by atoms with Gasteiger partial charge in [0.15, 0.2) is 0 Å². The van der Waals surface area contributed by atoms with Crippen molar-refractivity contribution < 1.29 is 4.39 Å². The third-order valence-corrected chi connectivity index (χ3v) is 2.71. The standard InChI is InChI=1S/C13H19FN2/c1-3-4-5-6-13(16-15)12-8-7-11(14)9-10(12)2/h3,7-9,13,16H,1,4-6,15H2,2H3. The van der Waals surface area contributed by atoms with Gasteiger partial charge in [0.05, 0.1) is 0 Å². The van der Waals surface area contributed by atoms with E-state index >= 15 is 0 Å². The largest absolute Gasteiger partial charge is 0.271 e. The van der Waals surface area contributed by atoms with Gasteiger partial charge in [-0.3, -0.25) is 11.3 Å². The quantitative estimate of drug-likeness (QED) is 0.336. The van der Waals surface area contributed by atoms with Gasteiger partial charge < -0.3 is 0 Å². The molecule has 1 aromatic carbocycles. The lowest BCUT2D eigenvalue weighted by atomic mass is 9.97. The Hall–Kier alpha value is -1.19. The highest BCUT2D eigenvalue weighted by molar-refractivity contribution is 5.29. The normalized spacial score (nSPS) is 12.4. The Morgan fingerprint density at radius 2 is 2.31 bits per heavy atom. The molecular weight excluding hydrogens is 203 g/mol. The Labute approximate surface area is 96.3 Å². The lowest BCUT2D eigenvalue weighted by Gasteiger charge is -2.18. The smallest absolute Gasteiger partial charge is 0.123 e. The minimum atomic E-state index is -0.205. The van der Waals surface area contributed by atoms with Gasteiger partial charge in [0.25, 0.3) is 0 Å². The van der Waals surface area contributed by atoms with Crippen molar-refractivity contribution in [3.8, 4) is 0 Å². The van der Waals surface area contributed by atoms with Gasteiger partial charge >= 0.3 is 0 Å². The van der Waals surface area contributed by atoms with E-state index in [4.69, 9.17) is 5.84 Å². The molecule has 1 rings (SSSR count). The summed E-state index contributed by atoms with van der Waals surface area (Å²) in [6.45, 7) is 5.58. The molecule has 0 aliphatic heterocycles. The Morgan fingerprint density at radius 3 is 2.88 bits per heavy atom. The van der Waals surface area contributed by atoms with E-state index in [-0.39, 0.29) is 11.9 Å². The van der Waals surface area contributed by atoms with Crippen molar-refractivity contribution in [1.82, 2.24) is 5.43 Å². The maximum Gasteiger partial charge on any atom is 0.123 e. The summed E-state index contributed by atoms with van der Waals surface area (Å²) in [5, 5.41) is 0. The first kappa shape index (κ1) is 12.9. The molecule has 1 unspecified atom stereocenters. The SMILES string of the molecule is C=CCCCC(NN)c1ccc(F)cc1C. The molecular formula is C13H19FN2. The summed E-state index contributed by atoms with van der Waals surface area (Å²) >= 11 is 0. The molecule has 0 amide bonds. The molecule has 0 aliphatic rings. The molecule has 1 aromatic rings. The summed E-state index contributed by atoms with van der Waals surface area (Å²) in [5.74, 6) is 5.32. The molecule has 0 fully saturated rings. The predicted molar refractivity (Wildman–Crippen MR) is 65.2 cm³/mol. The van der Waals surface area contributed by atoms with Crippen molar-refractivity contribution in [2.75, 3.05) is 0 Å². The number of hydrazine groups is 1. The van der Waals surface area contributed by atoms with Crippen molar-refractivity contribution in [2.45, 2.75) is 32.2 Å². The number of aryl methyl sites for hydroxylation is 1. The van der Waals surface area contributed by atoms with Crippen molar-refractivity contribution >= 4 is 0 Å². The molecule has 0 bridgehead atoms. The highest BCUT2D eigenvalue weighted by Gasteiger charge is 2.11. The minimum Gasteiger partial charge on any atom is -0.271 e. The van der Waals surface area contributed by atoms with Gasteiger partial charge in [-0.2, -0.15) is 0 Å². The Bertz CT molecular complexity index is 350. The van der Waals surface area contributed by atoms with Crippen LogP contribution < -0.4 is 11.3 Å². The molecule has 0 saturated heterocycles. The summed E-state index contributed by atoms with van der Waals surface area (Å²) in [6.07, 6.45) is 4.81. The summed E-state index contributed by atoms with van der Waals surface area (Å²) < 4.78 is 13.0. The Kier molecular flexibility index (Phi) is 5.15. The minimum absolute atomic E-state index is 0.0838. The van der Waals surface area contributed by atoms with Crippen LogP contribution in [-0.4, -0.2) is 0 Å². The molecule has 0 aliphatic carbocycles. The van der Waals surface area contributed by atoms with E-state index in [0.29, 0.717) is 0 Å². The lowest BCUT2D eigenvalue weighted by Crippen LogP contribution is -2.28. The molecule has 16 heavy (non-hydrogen) atoms. The zero-order valence-corrected chi connectivity index (χ0v) is 9.67. The fourth-order valence-electron chi connectivity index (χ4n) is 1.83. The van der Waals surface area contributed by atoms with Crippen molar-refractivity contribution in [3.63, 3.8) is 0 Å². The molecule has 0 aromatic heterocycles. The van der Waals surface area contributed by atoms with Crippen LogP contribution in [0.25, 0.3) is 0 Å². The summed E-state index contributed by atoms with van der Waals surface area (Å²) in [4.78, 5) is 0. The van der Waals surface area contributed by atoms with Crippen LogP contribution in [0.1, 0.15) is 36.4 Å². The molecule has 3 N–H and O–H groups in total. The van der Waals surface area contributed by atoms with Gasteiger partial charge in [0.2, 0.25) is 0 Å². The van der Waals surface area contributed by atoms with Crippen molar-refractivity contribution in [3.05, 3.63) is 47.8 Å². The molecule has 0 saturated carbocycles. The number of hydrogen-bond acceptors (Lipinski definition) is 2. The first-order chi connectivity index (χ1) is 7.69. The molecule has 1 atom stereocenters. The van der Waals surface area contributed by atoms with E-state index in [2.05, 4.69) is 12.0 Å². The summed E-state index contributed by atoms with van der Waals surface area (Å²) in [6, 6.07) is 4.89. The lowest BCUT2D eigenvalue weighted by molar-refractivity contribution is 0.497. The van der Waals surface area contributed by atoms with Gasteiger partial charge in [0.1, 0.15) is 5.82 Å². The van der Waals surface area contributed by atoms with E-state index in [1.165, 1.54) is 12.1 Å². The number of halogens is 1. The third kappa shape index (κ3) is 3.43. The van der Waals surface area contributed by atoms with Crippen LogP contribution in [0.4, 0.5) is 4.39 Å². The van der Waals surface area contributed by atoms with Crippen molar-refractivity contribution in [1.29, 1.82) is 0 Å². The second kappa shape index (κ2) is 6.40. The second-order valence-corrected chi connectivity index (χ2v) is 3.94. The molecule has 0 heterocycles. The first-order valence-corrected chi connectivity index (χ1v) is 5.52. The van der Waals surface area contributed by atoms with Crippen LogP contribution in [0.5, 0.6) is 0 Å². The topological polar surface area (TPSA) is 38.0 Å². The van der Waals surface area contributed by atoms with Crippen LogP contribution >= 0.6 is 0 Å². The molecule has 3 heteroatoms. The summed E-state index contributed by atoms with van der Waals surface area (Å²) in [7, 11) is 0. The van der Waals surface area contributed by atoms with Crippen LogP contribution in [0.15, 0.2) is 30.9 Å². The van der Waals surface area contributed by atoms with E-state index < -0.39 is 0 Å². The van der Waals surface area contributed by atoms with Gasteiger partial charge in [-0.15, -0.1) is 6.58 Å². The average Bonchev–Trinajstić information content (AvgIpc) is 2.26. The maximum atomic E-state index is 13.0. The number of nitrogens with two attached hydrogens (primary N) is 1. The Balaban J connectivity index is 2.74. The van der Waals surface area contributed by atoms with E-state index in [1.807, 2.05) is 13.0 Å². The number of nitrogens with one attached hydrogen (secondary N) is 1. The fraction of sp³-hybridized carbons (Fsp3) is 0.385. The number of benzene rings is 1. The van der Waals surface area contributed by atoms with E-state index in [9.17, 15) is 4.39 Å². The first-order valence-electron chi connectivity index (χ1n) is 5.52. The van der Waals surface area contributed by atoms with Crippen LogP contribution in [0, 0.1) is 12.7 Å². The zero-order chi connectivity index (χ0) is 12.0. The molecule has 0 spiro atoms. The number of allylic oxidation sites excluding steroid dienone is 1. The second-order valence-electron chi connectivity index (χ2n) is 3.94. The summed E-state index contributed by atoms with van der Waals surface area (Å²) in [5.41, 5.74) is 4.78. The van der Waals surface area contributed by atoms with Gasteiger partial charge in [0, 0.05) is 6.04 Å². The highest BCUT2D eigenvalue weighted by atomic mass is 19.1. The predicted octanol–water partition coefficient (Wildman–Crippen LogP) is 2.99. The third-order valence-electron chi connectivity index (χ3n) is 2.71. The number of hydrogen-bond donors (Lipinski definition) is 2. The van der Waals surface area contributed by atoms with E-state index in [1.54, 1.807) is 6.07 Å². The van der Waals surface area contributed by atoms with Gasteiger partial charge in [-0.25, -0.2) is 4.39 Å². The average molecular weight is 222 g/mol. The Morgan fingerprint density at radius 1 is 1.56 bits per heavy atom. The van der Waals surface area contributed by atoms with Crippen LogP contribution in [0.2, 0.25) is 0 Å². The maximum absolute atomic E-state index is 13.0. The number of rotatable bonds is 6. The van der Waals surface area contributed by atoms with Crippen LogP contribution in [-0.2, 0) is 0 Å². The van der Waals surface area contributed by atoms with Crippen LogP contribution in [0.3, 0.4) is 0 Å². The number of unbranched alkanes of at least 4 members (excludes halogenated alkanes) is 1. The monoisotopic (exact) mass is 222 g/mol. The fourth-order valence-corrected chi connectivity index (χ4v) is 1.83. The van der Waals surface area contributed by atoms with Crippen molar-refractivity contribution in [2.24, 2.45) is 5.84 Å².